The van der Waals surface area contributed by atoms with Crippen molar-refractivity contribution in [3.05, 3.63) is 30.2 Å². The fraction of sp³-hybridized carbons (Fsp3) is 0.429. The average molecular weight is 428 g/mol. The second kappa shape index (κ2) is 8.44. The molecule has 3 N–H and O–H groups in total. The molecule has 4 heterocycles. The first kappa shape index (κ1) is 21.0. The van der Waals surface area contributed by atoms with Crippen molar-refractivity contribution < 1.29 is 8.78 Å². The maximum Gasteiger partial charge on any atom is 0.256 e. The third-order valence-electron chi connectivity index (χ3n) is 5.54. The number of nitrogens with one attached hydrogen (secondary N) is 1. The quantitative estimate of drug-likeness (QED) is 0.507. The lowest BCUT2D eigenvalue weighted by atomic mass is 9.88. The van der Waals surface area contributed by atoms with Crippen LogP contribution in [0, 0.1) is 12.8 Å². The van der Waals surface area contributed by atoms with Crippen molar-refractivity contribution in [3.63, 3.8) is 0 Å². The zero-order chi connectivity index (χ0) is 22.1. The van der Waals surface area contributed by atoms with Crippen LogP contribution in [0.15, 0.2) is 24.4 Å². The molecule has 164 valence electrons. The summed E-state index contributed by atoms with van der Waals surface area (Å²) in [6.45, 7) is 3.55. The van der Waals surface area contributed by atoms with E-state index in [-0.39, 0.29) is 5.95 Å². The van der Waals surface area contributed by atoms with Crippen molar-refractivity contribution in [2.75, 3.05) is 18.1 Å². The highest BCUT2D eigenvalue weighted by molar-refractivity contribution is 5.89. The Labute approximate surface area is 178 Å². The van der Waals surface area contributed by atoms with E-state index in [0.717, 1.165) is 11.5 Å². The van der Waals surface area contributed by atoms with Gasteiger partial charge in [-0.1, -0.05) is 26.2 Å². The summed E-state index contributed by atoms with van der Waals surface area (Å²) in [4.78, 5) is 13.1. The number of pyridine rings is 1. The molecule has 4 aromatic heterocycles. The SMILES string of the molecule is CC1CCC1.CNc1nc(N)nn2ccc(-c3ccc4nc(C)n(CC(F)F)c4n3)c12. The molecule has 5 rings (SSSR count). The van der Waals surface area contributed by atoms with Gasteiger partial charge in [0.25, 0.3) is 6.43 Å². The Morgan fingerprint density at radius 3 is 2.55 bits per heavy atom. The van der Waals surface area contributed by atoms with Gasteiger partial charge in [0, 0.05) is 18.8 Å². The molecule has 0 unspecified atom stereocenters. The number of alkyl halides is 2. The Morgan fingerprint density at radius 2 is 1.94 bits per heavy atom. The number of hydrogen-bond acceptors (Lipinski definition) is 6. The number of aromatic nitrogens is 6. The first-order valence-electron chi connectivity index (χ1n) is 10.3. The fourth-order valence-electron chi connectivity index (χ4n) is 3.66. The van der Waals surface area contributed by atoms with E-state index in [9.17, 15) is 8.78 Å². The molecular weight excluding hydrogens is 402 g/mol. The minimum absolute atomic E-state index is 0.137. The number of nitrogen functional groups attached to an aromatic ring is 1. The zero-order valence-corrected chi connectivity index (χ0v) is 17.8. The number of aryl methyl sites for hydroxylation is 1. The number of halogens is 2. The number of nitrogens with zero attached hydrogens (tertiary/aromatic N) is 6. The topological polar surface area (TPSA) is 99.0 Å². The predicted molar refractivity (Wildman–Crippen MR) is 117 cm³/mol. The molecule has 4 aromatic rings. The highest BCUT2D eigenvalue weighted by atomic mass is 19.3. The van der Waals surface area contributed by atoms with Gasteiger partial charge in [-0.25, -0.2) is 23.3 Å². The van der Waals surface area contributed by atoms with Crippen molar-refractivity contribution >= 4 is 28.4 Å². The number of anilines is 2. The van der Waals surface area contributed by atoms with Crippen LogP contribution in [0.5, 0.6) is 0 Å². The van der Waals surface area contributed by atoms with Gasteiger partial charge >= 0.3 is 0 Å². The molecule has 0 spiro atoms. The highest BCUT2D eigenvalue weighted by Gasteiger charge is 2.17. The molecule has 0 amide bonds. The molecule has 31 heavy (non-hydrogen) atoms. The molecule has 0 bridgehead atoms. The lowest BCUT2D eigenvalue weighted by Gasteiger charge is -2.18. The number of hydrogen-bond donors (Lipinski definition) is 2. The first-order valence-corrected chi connectivity index (χ1v) is 10.3. The van der Waals surface area contributed by atoms with Gasteiger partial charge in [-0.05, 0) is 31.0 Å². The van der Waals surface area contributed by atoms with Crippen LogP contribution >= 0.6 is 0 Å². The summed E-state index contributed by atoms with van der Waals surface area (Å²) < 4.78 is 28.9. The van der Waals surface area contributed by atoms with Gasteiger partial charge in [0.2, 0.25) is 5.95 Å². The van der Waals surface area contributed by atoms with E-state index in [0.29, 0.717) is 34.0 Å². The van der Waals surface area contributed by atoms with E-state index in [1.54, 1.807) is 36.8 Å². The van der Waals surface area contributed by atoms with Crippen molar-refractivity contribution in [1.29, 1.82) is 0 Å². The molecule has 0 aliphatic heterocycles. The minimum atomic E-state index is -2.49. The zero-order valence-electron chi connectivity index (χ0n) is 17.8. The number of rotatable bonds is 4. The van der Waals surface area contributed by atoms with Gasteiger partial charge in [-0.15, -0.1) is 5.10 Å². The van der Waals surface area contributed by atoms with E-state index in [1.807, 2.05) is 6.07 Å². The van der Waals surface area contributed by atoms with Gasteiger partial charge < -0.3 is 15.6 Å². The van der Waals surface area contributed by atoms with E-state index < -0.39 is 13.0 Å². The third kappa shape index (κ3) is 4.14. The Balaban J connectivity index is 0.000000407. The summed E-state index contributed by atoms with van der Waals surface area (Å²) in [5.41, 5.74) is 8.78. The van der Waals surface area contributed by atoms with Crippen LogP contribution in [-0.4, -0.2) is 42.6 Å². The Kier molecular flexibility index (Phi) is 5.71. The maximum atomic E-state index is 12.9. The lowest BCUT2D eigenvalue weighted by molar-refractivity contribution is 0.127. The molecule has 10 heteroatoms. The molecule has 0 saturated heterocycles. The fourth-order valence-corrected chi connectivity index (χ4v) is 3.66. The minimum Gasteiger partial charge on any atom is -0.371 e. The van der Waals surface area contributed by atoms with E-state index in [2.05, 4.69) is 32.3 Å². The molecule has 0 radical (unpaired) electrons. The van der Waals surface area contributed by atoms with E-state index in [1.165, 1.54) is 23.8 Å². The van der Waals surface area contributed by atoms with Crippen molar-refractivity contribution in [2.45, 2.75) is 46.1 Å². The Morgan fingerprint density at radius 1 is 1.19 bits per heavy atom. The normalized spacial score (nSPS) is 14.0. The van der Waals surface area contributed by atoms with Crippen LogP contribution < -0.4 is 11.1 Å². The van der Waals surface area contributed by atoms with Crippen molar-refractivity contribution in [1.82, 2.24) is 29.1 Å². The largest absolute Gasteiger partial charge is 0.371 e. The summed E-state index contributed by atoms with van der Waals surface area (Å²) in [6, 6.07) is 5.40. The molecule has 1 fully saturated rings. The van der Waals surface area contributed by atoms with Gasteiger partial charge in [-0.2, -0.15) is 4.98 Å². The summed E-state index contributed by atoms with van der Waals surface area (Å²) in [5.74, 6) is 2.25. The van der Waals surface area contributed by atoms with E-state index in [4.69, 9.17) is 5.73 Å². The number of imidazole rings is 1. The second-order valence-electron chi connectivity index (χ2n) is 7.83. The smallest absolute Gasteiger partial charge is 0.256 e. The summed E-state index contributed by atoms with van der Waals surface area (Å²) in [7, 11) is 1.73. The predicted octanol–water partition coefficient (Wildman–Crippen LogP) is 4.14. The lowest BCUT2D eigenvalue weighted by Crippen LogP contribution is -2.09. The average Bonchev–Trinajstić information content (AvgIpc) is 3.26. The monoisotopic (exact) mass is 428 g/mol. The second-order valence-corrected chi connectivity index (χ2v) is 7.83. The van der Waals surface area contributed by atoms with Gasteiger partial charge in [-0.3, -0.25) is 0 Å². The third-order valence-corrected chi connectivity index (χ3v) is 5.54. The molecule has 1 aliphatic carbocycles. The van der Waals surface area contributed by atoms with Crippen LogP contribution in [0.25, 0.3) is 27.9 Å². The number of fused-ring (bicyclic) bond motifs is 2. The first-order chi connectivity index (χ1) is 14.9. The Hall–Kier alpha value is -3.30. The summed E-state index contributed by atoms with van der Waals surface area (Å²) in [6.07, 6.45) is 3.72. The molecule has 1 aliphatic rings. The molecular formula is C21H26F2N8. The van der Waals surface area contributed by atoms with E-state index >= 15 is 0 Å². The molecule has 0 atom stereocenters. The van der Waals surface area contributed by atoms with Crippen molar-refractivity contribution in [3.8, 4) is 11.3 Å². The van der Waals surface area contributed by atoms with Gasteiger partial charge in [0.15, 0.2) is 11.5 Å². The number of nitrogens with two attached hydrogens (primary N) is 1. The molecule has 1 saturated carbocycles. The van der Waals surface area contributed by atoms with Crippen LogP contribution in [0.2, 0.25) is 0 Å². The summed E-state index contributed by atoms with van der Waals surface area (Å²) in [5, 5.41) is 7.14. The highest BCUT2D eigenvalue weighted by Crippen LogP contribution is 2.30. The standard InChI is InChI=1S/C16H16F2N8.C5H10/c1-8-21-11-4-3-10(22-15(11)25(8)7-12(17)18)9-5-6-26-13(9)14(20-2)23-16(19)24-26;1-5-3-2-4-5/h3-6,12H,7H2,1-2H3,(H3,19,20,23,24);5H,2-4H2,1H3. The van der Waals surface area contributed by atoms with Crippen LogP contribution in [0.1, 0.15) is 32.0 Å². The van der Waals surface area contributed by atoms with Crippen LogP contribution in [0.3, 0.4) is 0 Å². The van der Waals surface area contributed by atoms with Crippen LogP contribution in [-0.2, 0) is 6.54 Å². The molecule has 0 aromatic carbocycles. The summed E-state index contributed by atoms with van der Waals surface area (Å²) >= 11 is 0. The van der Waals surface area contributed by atoms with Gasteiger partial charge in [0.05, 0.1) is 12.2 Å². The molecule has 8 nitrogen and oxygen atoms in total. The van der Waals surface area contributed by atoms with Crippen LogP contribution in [0.4, 0.5) is 20.5 Å². The van der Waals surface area contributed by atoms with Crippen molar-refractivity contribution in [2.24, 2.45) is 5.92 Å². The Bertz CT molecular complexity index is 1210. The van der Waals surface area contributed by atoms with Gasteiger partial charge in [0.1, 0.15) is 16.9 Å². The maximum absolute atomic E-state index is 12.9.